The number of hydrogen-bond acceptors (Lipinski definition) is 4. The zero-order valence-electron chi connectivity index (χ0n) is 14.2. The molecule has 6 nitrogen and oxygen atoms in total. The second kappa shape index (κ2) is 11.4. The average molecular weight is 324 g/mol. The molecular formula is C14H33N3O3S. The van der Waals surface area contributed by atoms with Crippen molar-refractivity contribution in [2.24, 2.45) is 5.92 Å². The molecule has 128 valence electrons. The van der Waals surface area contributed by atoms with Crippen LogP contribution in [0.15, 0.2) is 0 Å². The quantitative estimate of drug-likeness (QED) is 0.500. The first kappa shape index (κ1) is 20.8. The lowest BCUT2D eigenvalue weighted by Crippen LogP contribution is -2.40. The summed E-state index contributed by atoms with van der Waals surface area (Å²) in [6.45, 7) is 11.1. The summed E-state index contributed by atoms with van der Waals surface area (Å²) in [6.07, 6.45) is 1.79. The topological polar surface area (TPSA) is 70.7 Å². The number of nitrogens with one attached hydrogen (secondary N) is 2. The van der Waals surface area contributed by atoms with Crippen LogP contribution in [0.3, 0.4) is 0 Å². The summed E-state index contributed by atoms with van der Waals surface area (Å²) in [6, 6.07) is 0.424. The van der Waals surface area contributed by atoms with E-state index >= 15 is 0 Å². The van der Waals surface area contributed by atoms with Crippen molar-refractivity contribution in [2.45, 2.75) is 46.6 Å². The van der Waals surface area contributed by atoms with E-state index in [0.29, 0.717) is 38.3 Å². The number of rotatable bonds is 13. The molecule has 7 heteroatoms. The molecule has 0 radical (unpaired) electrons. The molecule has 0 aliphatic carbocycles. The summed E-state index contributed by atoms with van der Waals surface area (Å²) in [4.78, 5) is 0. The van der Waals surface area contributed by atoms with Crippen LogP contribution in [0.1, 0.15) is 40.5 Å². The molecule has 0 aliphatic rings. The van der Waals surface area contributed by atoms with Crippen LogP contribution in [0, 0.1) is 5.92 Å². The van der Waals surface area contributed by atoms with E-state index in [1.807, 2.05) is 0 Å². The van der Waals surface area contributed by atoms with Crippen molar-refractivity contribution in [1.29, 1.82) is 0 Å². The second-order valence-corrected chi connectivity index (χ2v) is 7.84. The number of nitrogens with zero attached hydrogens (tertiary/aromatic N) is 1. The van der Waals surface area contributed by atoms with Gasteiger partial charge >= 0.3 is 0 Å². The Morgan fingerprint density at radius 3 is 2.33 bits per heavy atom. The summed E-state index contributed by atoms with van der Waals surface area (Å²) in [5, 5.41) is 3.27. The number of hydrogen-bond donors (Lipinski definition) is 2. The van der Waals surface area contributed by atoms with Gasteiger partial charge in [0.25, 0.3) is 10.2 Å². The molecule has 0 saturated heterocycles. The maximum absolute atomic E-state index is 11.9. The van der Waals surface area contributed by atoms with Gasteiger partial charge in [0, 0.05) is 32.8 Å². The summed E-state index contributed by atoms with van der Waals surface area (Å²) in [5.74, 6) is 0.604. The van der Waals surface area contributed by atoms with Crippen LogP contribution >= 0.6 is 0 Å². The fourth-order valence-electron chi connectivity index (χ4n) is 1.59. The first-order valence-electron chi connectivity index (χ1n) is 7.77. The Balaban J connectivity index is 3.75. The van der Waals surface area contributed by atoms with Crippen LogP contribution in [-0.4, -0.2) is 58.7 Å². The third kappa shape index (κ3) is 12.1. The van der Waals surface area contributed by atoms with E-state index in [2.05, 4.69) is 37.7 Å². The van der Waals surface area contributed by atoms with Crippen LogP contribution in [0.4, 0.5) is 0 Å². The maximum atomic E-state index is 11.9. The van der Waals surface area contributed by atoms with E-state index in [0.717, 1.165) is 19.4 Å². The predicted molar refractivity (Wildman–Crippen MR) is 87.6 cm³/mol. The molecule has 0 bridgehead atoms. The Morgan fingerprint density at radius 1 is 1.10 bits per heavy atom. The van der Waals surface area contributed by atoms with E-state index in [1.165, 1.54) is 4.31 Å². The highest BCUT2D eigenvalue weighted by Crippen LogP contribution is 1.99. The summed E-state index contributed by atoms with van der Waals surface area (Å²) in [7, 11) is -1.79. The Kier molecular flexibility index (Phi) is 11.3. The zero-order valence-corrected chi connectivity index (χ0v) is 15.0. The van der Waals surface area contributed by atoms with Gasteiger partial charge in [-0.25, -0.2) is 0 Å². The lowest BCUT2D eigenvalue weighted by Gasteiger charge is -2.18. The fraction of sp³-hybridized carbons (Fsp3) is 1.00. The van der Waals surface area contributed by atoms with Crippen molar-refractivity contribution in [3.05, 3.63) is 0 Å². The van der Waals surface area contributed by atoms with Gasteiger partial charge in [-0.05, 0) is 25.3 Å². The molecule has 2 N–H and O–H groups in total. The van der Waals surface area contributed by atoms with Crippen molar-refractivity contribution in [2.75, 3.05) is 39.9 Å². The second-order valence-electron chi connectivity index (χ2n) is 5.98. The van der Waals surface area contributed by atoms with Crippen LogP contribution in [0.2, 0.25) is 0 Å². The molecule has 0 aromatic rings. The van der Waals surface area contributed by atoms with Crippen LogP contribution in [-0.2, 0) is 14.9 Å². The molecule has 0 saturated carbocycles. The van der Waals surface area contributed by atoms with Crippen LogP contribution in [0.25, 0.3) is 0 Å². The van der Waals surface area contributed by atoms with E-state index in [1.54, 1.807) is 7.05 Å². The van der Waals surface area contributed by atoms with Gasteiger partial charge in [-0.3, -0.25) is 0 Å². The molecule has 0 unspecified atom stereocenters. The predicted octanol–water partition coefficient (Wildman–Crippen LogP) is 1.20. The zero-order chi connectivity index (χ0) is 16.3. The SMILES string of the molecule is CC(C)CCOCCNS(=O)(=O)N(C)CCCNC(C)C. The molecule has 0 aromatic heterocycles. The van der Waals surface area contributed by atoms with Gasteiger partial charge in [-0.15, -0.1) is 0 Å². The molecule has 0 atom stereocenters. The first-order chi connectivity index (χ1) is 9.75. The minimum atomic E-state index is -3.39. The van der Waals surface area contributed by atoms with Crippen molar-refractivity contribution < 1.29 is 13.2 Å². The van der Waals surface area contributed by atoms with Crippen molar-refractivity contribution >= 4 is 10.2 Å². The van der Waals surface area contributed by atoms with Gasteiger partial charge in [-0.1, -0.05) is 27.7 Å². The van der Waals surface area contributed by atoms with E-state index in [9.17, 15) is 8.42 Å². The smallest absolute Gasteiger partial charge is 0.279 e. The van der Waals surface area contributed by atoms with Crippen molar-refractivity contribution in [3.8, 4) is 0 Å². The lowest BCUT2D eigenvalue weighted by atomic mass is 10.1. The van der Waals surface area contributed by atoms with Gasteiger partial charge < -0.3 is 10.1 Å². The molecule has 0 spiro atoms. The Bertz CT molecular complexity index is 345. The molecule has 21 heavy (non-hydrogen) atoms. The minimum absolute atomic E-state index is 0.314. The molecular weight excluding hydrogens is 290 g/mol. The molecule has 0 aromatic carbocycles. The van der Waals surface area contributed by atoms with Gasteiger partial charge in [0.2, 0.25) is 0 Å². The van der Waals surface area contributed by atoms with Gasteiger partial charge in [-0.2, -0.15) is 17.4 Å². The van der Waals surface area contributed by atoms with Gasteiger partial charge in [0.15, 0.2) is 0 Å². The highest BCUT2D eigenvalue weighted by Gasteiger charge is 2.15. The minimum Gasteiger partial charge on any atom is -0.380 e. The highest BCUT2D eigenvalue weighted by molar-refractivity contribution is 7.87. The van der Waals surface area contributed by atoms with Gasteiger partial charge in [0.1, 0.15) is 0 Å². The van der Waals surface area contributed by atoms with Crippen LogP contribution in [0.5, 0.6) is 0 Å². The molecule has 0 rings (SSSR count). The van der Waals surface area contributed by atoms with E-state index in [4.69, 9.17) is 4.74 Å². The average Bonchev–Trinajstić information content (AvgIpc) is 2.37. The van der Waals surface area contributed by atoms with E-state index in [-0.39, 0.29) is 0 Å². The summed E-state index contributed by atoms with van der Waals surface area (Å²) < 4.78 is 33.2. The standard InChI is InChI=1S/C14H33N3O3S/c1-13(2)7-11-20-12-9-16-21(18,19)17(5)10-6-8-15-14(3)4/h13-16H,6-12H2,1-5H3. The Hall–Kier alpha value is -0.210. The van der Waals surface area contributed by atoms with Crippen LogP contribution < -0.4 is 10.0 Å². The third-order valence-corrected chi connectivity index (χ3v) is 4.56. The monoisotopic (exact) mass is 323 g/mol. The first-order valence-corrected chi connectivity index (χ1v) is 9.21. The fourth-order valence-corrected chi connectivity index (χ4v) is 2.52. The molecule has 0 heterocycles. The lowest BCUT2D eigenvalue weighted by molar-refractivity contribution is 0.128. The molecule has 0 aliphatic heterocycles. The van der Waals surface area contributed by atoms with Gasteiger partial charge in [0.05, 0.1) is 6.61 Å². The maximum Gasteiger partial charge on any atom is 0.279 e. The summed E-state index contributed by atoms with van der Waals surface area (Å²) in [5.41, 5.74) is 0. The molecule has 0 amide bonds. The largest absolute Gasteiger partial charge is 0.380 e. The molecule has 0 fully saturated rings. The summed E-state index contributed by atoms with van der Waals surface area (Å²) >= 11 is 0. The van der Waals surface area contributed by atoms with E-state index < -0.39 is 10.2 Å². The Morgan fingerprint density at radius 2 is 1.76 bits per heavy atom. The third-order valence-electron chi connectivity index (χ3n) is 2.98. The Labute approximate surface area is 130 Å². The number of ether oxygens (including phenoxy) is 1. The normalized spacial score (nSPS) is 12.8. The van der Waals surface area contributed by atoms with Crippen molar-refractivity contribution in [3.63, 3.8) is 0 Å². The highest BCUT2D eigenvalue weighted by atomic mass is 32.2. The van der Waals surface area contributed by atoms with Crippen molar-refractivity contribution in [1.82, 2.24) is 14.3 Å².